The molecule has 1 unspecified atom stereocenters. The zero-order valence-electron chi connectivity index (χ0n) is 18.2. The van der Waals surface area contributed by atoms with Crippen LogP contribution in [0.25, 0.3) is 10.9 Å². The molecule has 1 atom stereocenters. The lowest BCUT2D eigenvalue weighted by Gasteiger charge is -2.29. The number of fused-ring (bicyclic) bond motifs is 1. The summed E-state index contributed by atoms with van der Waals surface area (Å²) in [5, 5.41) is 4.53. The maximum Gasteiger partial charge on any atom is 0.322 e. The smallest absolute Gasteiger partial charge is 0.314 e. The van der Waals surface area contributed by atoms with E-state index in [9.17, 15) is 9.59 Å². The van der Waals surface area contributed by atoms with Gasteiger partial charge in [-0.3, -0.25) is 4.79 Å². The highest BCUT2D eigenvalue weighted by Crippen LogP contribution is 2.27. The number of amides is 2. The molecular formula is C25H21Cl3N4O2. The summed E-state index contributed by atoms with van der Waals surface area (Å²) >= 11 is 18.3. The van der Waals surface area contributed by atoms with E-state index in [2.05, 4.69) is 15.3 Å². The highest BCUT2D eigenvalue weighted by molar-refractivity contribution is 6.36. The van der Waals surface area contributed by atoms with Crippen LogP contribution < -0.4 is 10.9 Å². The second-order valence-electron chi connectivity index (χ2n) is 7.77. The summed E-state index contributed by atoms with van der Waals surface area (Å²) in [7, 11) is 0. The van der Waals surface area contributed by atoms with Crippen molar-refractivity contribution in [2.75, 3.05) is 11.9 Å². The fourth-order valence-corrected chi connectivity index (χ4v) is 4.24. The maximum atomic E-state index is 13.4. The van der Waals surface area contributed by atoms with Gasteiger partial charge < -0.3 is 15.2 Å². The van der Waals surface area contributed by atoms with Crippen LogP contribution in [0.4, 0.5) is 10.5 Å². The molecule has 3 aromatic carbocycles. The molecule has 174 valence electrons. The summed E-state index contributed by atoms with van der Waals surface area (Å²) in [5.74, 6) is 0.352. The van der Waals surface area contributed by atoms with Crippen LogP contribution >= 0.6 is 34.8 Å². The minimum Gasteiger partial charge on any atom is -0.314 e. The second kappa shape index (κ2) is 10.5. The number of halogens is 3. The Kier molecular flexibility index (Phi) is 7.41. The van der Waals surface area contributed by atoms with E-state index in [1.54, 1.807) is 41.3 Å². The molecule has 0 saturated carbocycles. The standard InChI is InChI=1S/C25H21Cl3N4O2/c1-15(23-29-22-14-18(27)7-9-19(22)24(33)31-23)32(12-11-16-5-3-2-4-6-16)25(34)30-21-10-8-17(26)13-20(21)28/h2-10,13-15H,11-12H2,1H3,(H,30,34)(H,29,31,33). The third-order valence-electron chi connectivity index (χ3n) is 5.47. The number of carbonyl (C=O) groups is 1. The monoisotopic (exact) mass is 514 g/mol. The van der Waals surface area contributed by atoms with Crippen molar-refractivity contribution >= 4 is 57.4 Å². The van der Waals surface area contributed by atoms with Gasteiger partial charge in [-0.25, -0.2) is 9.78 Å². The summed E-state index contributed by atoms with van der Waals surface area (Å²) in [4.78, 5) is 35.0. The van der Waals surface area contributed by atoms with Gasteiger partial charge >= 0.3 is 6.03 Å². The molecule has 0 radical (unpaired) electrons. The van der Waals surface area contributed by atoms with Crippen molar-refractivity contribution in [3.63, 3.8) is 0 Å². The molecule has 4 rings (SSSR count). The van der Waals surface area contributed by atoms with Crippen LogP contribution in [0.5, 0.6) is 0 Å². The summed E-state index contributed by atoms with van der Waals surface area (Å²) in [6.45, 7) is 2.18. The van der Waals surface area contributed by atoms with E-state index in [-0.39, 0.29) is 11.6 Å². The van der Waals surface area contributed by atoms with Gasteiger partial charge in [-0.15, -0.1) is 0 Å². The zero-order valence-corrected chi connectivity index (χ0v) is 20.5. The molecule has 0 fully saturated rings. The maximum absolute atomic E-state index is 13.4. The van der Waals surface area contributed by atoms with Crippen molar-refractivity contribution in [2.24, 2.45) is 0 Å². The minimum absolute atomic E-state index is 0.298. The molecule has 4 aromatic rings. The van der Waals surface area contributed by atoms with Crippen molar-refractivity contribution in [3.05, 3.63) is 104 Å². The van der Waals surface area contributed by atoms with Crippen molar-refractivity contribution in [3.8, 4) is 0 Å². The summed E-state index contributed by atoms with van der Waals surface area (Å²) in [6.07, 6.45) is 0.608. The number of anilines is 1. The quantitative estimate of drug-likeness (QED) is 0.299. The number of benzene rings is 3. The lowest BCUT2D eigenvalue weighted by Crippen LogP contribution is -2.39. The predicted molar refractivity (Wildman–Crippen MR) is 138 cm³/mol. The van der Waals surface area contributed by atoms with E-state index in [1.165, 1.54) is 0 Å². The van der Waals surface area contributed by atoms with Crippen LogP contribution in [0.1, 0.15) is 24.4 Å². The number of aromatic amines is 1. The van der Waals surface area contributed by atoms with Crippen LogP contribution in [-0.2, 0) is 6.42 Å². The van der Waals surface area contributed by atoms with Crippen LogP contribution in [0.2, 0.25) is 15.1 Å². The van der Waals surface area contributed by atoms with Crippen LogP contribution in [0, 0.1) is 0 Å². The van der Waals surface area contributed by atoms with Gasteiger partial charge in [0.25, 0.3) is 5.56 Å². The molecule has 2 amide bonds. The van der Waals surface area contributed by atoms with Gasteiger partial charge in [0.15, 0.2) is 0 Å². The molecule has 9 heteroatoms. The molecular weight excluding hydrogens is 495 g/mol. The van der Waals surface area contributed by atoms with E-state index in [0.29, 0.717) is 50.4 Å². The Morgan fingerprint density at radius 1 is 1.03 bits per heavy atom. The first kappa shape index (κ1) is 24.1. The SMILES string of the molecule is CC(c1nc2cc(Cl)ccc2c(=O)[nH]1)N(CCc1ccccc1)C(=O)Nc1ccc(Cl)cc1Cl. The van der Waals surface area contributed by atoms with E-state index < -0.39 is 6.04 Å². The van der Waals surface area contributed by atoms with E-state index in [4.69, 9.17) is 34.8 Å². The molecule has 1 aromatic heterocycles. The van der Waals surface area contributed by atoms with Gasteiger partial charge in [-0.2, -0.15) is 0 Å². The molecule has 0 bridgehead atoms. The Hall–Kier alpha value is -3.06. The number of hydrogen-bond acceptors (Lipinski definition) is 3. The molecule has 0 aliphatic carbocycles. The average molecular weight is 516 g/mol. The molecule has 2 N–H and O–H groups in total. The molecule has 34 heavy (non-hydrogen) atoms. The van der Waals surface area contributed by atoms with Crippen molar-refractivity contribution in [1.29, 1.82) is 0 Å². The van der Waals surface area contributed by atoms with Crippen LogP contribution in [0.3, 0.4) is 0 Å². The number of nitrogens with zero attached hydrogens (tertiary/aromatic N) is 2. The Bertz CT molecular complexity index is 1390. The molecule has 0 aliphatic rings. The van der Waals surface area contributed by atoms with E-state index >= 15 is 0 Å². The van der Waals surface area contributed by atoms with Crippen molar-refractivity contribution in [2.45, 2.75) is 19.4 Å². The van der Waals surface area contributed by atoms with Gasteiger partial charge in [-0.1, -0.05) is 65.1 Å². The predicted octanol–water partition coefficient (Wildman–Crippen LogP) is 6.72. The topological polar surface area (TPSA) is 78.1 Å². The summed E-state index contributed by atoms with van der Waals surface area (Å²) < 4.78 is 0. The van der Waals surface area contributed by atoms with Crippen LogP contribution in [-0.4, -0.2) is 27.4 Å². The fraction of sp³-hybridized carbons (Fsp3) is 0.160. The molecule has 1 heterocycles. The Morgan fingerprint density at radius 3 is 2.47 bits per heavy atom. The van der Waals surface area contributed by atoms with Crippen molar-refractivity contribution < 1.29 is 4.79 Å². The van der Waals surface area contributed by atoms with Crippen LogP contribution in [0.15, 0.2) is 71.5 Å². The van der Waals surface area contributed by atoms with Gasteiger partial charge in [-0.05, 0) is 55.3 Å². The molecule has 6 nitrogen and oxygen atoms in total. The summed E-state index contributed by atoms with van der Waals surface area (Å²) in [6, 6.07) is 18.6. The van der Waals surface area contributed by atoms with Gasteiger partial charge in [0, 0.05) is 16.6 Å². The number of carbonyl (C=O) groups excluding carboxylic acids is 1. The number of nitrogens with one attached hydrogen (secondary N) is 2. The Balaban J connectivity index is 1.66. The third kappa shape index (κ3) is 5.53. The first-order valence-electron chi connectivity index (χ1n) is 10.6. The average Bonchev–Trinajstić information content (AvgIpc) is 2.81. The highest BCUT2D eigenvalue weighted by Gasteiger charge is 2.24. The highest BCUT2D eigenvalue weighted by atomic mass is 35.5. The van der Waals surface area contributed by atoms with Gasteiger partial charge in [0.1, 0.15) is 5.82 Å². The number of hydrogen-bond donors (Lipinski definition) is 2. The molecule has 0 aliphatic heterocycles. The third-order valence-corrected chi connectivity index (χ3v) is 6.25. The number of urea groups is 1. The first-order valence-corrected chi connectivity index (χ1v) is 11.7. The lowest BCUT2D eigenvalue weighted by molar-refractivity contribution is 0.191. The lowest BCUT2D eigenvalue weighted by atomic mass is 10.1. The van der Waals surface area contributed by atoms with Crippen molar-refractivity contribution in [1.82, 2.24) is 14.9 Å². The first-order chi connectivity index (χ1) is 16.3. The number of rotatable bonds is 6. The second-order valence-corrected chi connectivity index (χ2v) is 9.05. The summed E-state index contributed by atoms with van der Waals surface area (Å²) in [5.41, 5.74) is 1.67. The normalized spacial score (nSPS) is 11.9. The largest absolute Gasteiger partial charge is 0.322 e. The number of aromatic nitrogens is 2. The van der Waals surface area contributed by atoms with E-state index in [1.807, 2.05) is 37.3 Å². The Labute approximate surface area is 211 Å². The van der Waals surface area contributed by atoms with Gasteiger partial charge in [0.2, 0.25) is 0 Å². The fourth-order valence-electron chi connectivity index (χ4n) is 3.62. The molecule has 0 spiro atoms. The zero-order chi connectivity index (χ0) is 24.2. The number of H-pyrrole nitrogens is 1. The Morgan fingerprint density at radius 2 is 1.74 bits per heavy atom. The van der Waals surface area contributed by atoms with Gasteiger partial charge in [0.05, 0.1) is 27.7 Å². The molecule has 0 saturated heterocycles. The minimum atomic E-state index is -0.550. The van der Waals surface area contributed by atoms with E-state index in [0.717, 1.165) is 5.56 Å².